The molecule has 0 bridgehead atoms. The topological polar surface area (TPSA) is 156 Å². The van der Waals surface area contributed by atoms with Crippen molar-refractivity contribution in [1.82, 2.24) is 20.6 Å². The number of carbonyl (C=O) groups is 2. The summed E-state index contributed by atoms with van der Waals surface area (Å²) in [6, 6.07) is 14.5. The summed E-state index contributed by atoms with van der Waals surface area (Å²) >= 11 is 2.68. The van der Waals surface area contributed by atoms with Gasteiger partial charge in [-0.3, -0.25) is 9.59 Å². The van der Waals surface area contributed by atoms with Crippen molar-refractivity contribution in [1.29, 1.82) is 10.5 Å². The number of aromatic nitrogens is 2. The number of rotatable bonds is 5. The lowest BCUT2D eigenvalue weighted by atomic mass is 9.94. The molecule has 0 radical (unpaired) electrons. The van der Waals surface area contributed by atoms with Crippen LogP contribution in [0.5, 0.6) is 0 Å². The third kappa shape index (κ3) is 4.85. The minimum atomic E-state index is -0.393. The van der Waals surface area contributed by atoms with Crippen molar-refractivity contribution in [3.05, 3.63) is 78.7 Å². The second kappa shape index (κ2) is 11.0. The van der Waals surface area contributed by atoms with Crippen LogP contribution < -0.4 is 21.3 Å². The van der Waals surface area contributed by atoms with Crippen LogP contribution in [0.25, 0.3) is 11.1 Å². The highest BCUT2D eigenvalue weighted by molar-refractivity contribution is 7.14. The third-order valence-electron chi connectivity index (χ3n) is 6.73. The fraction of sp³-hybridized carbons (Fsp3) is 0.214. The van der Waals surface area contributed by atoms with Gasteiger partial charge in [0.15, 0.2) is 10.0 Å². The van der Waals surface area contributed by atoms with Crippen LogP contribution in [-0.2, 0) is 25.9 Å². The molecule has 0 aliphatic carbocycles. The quantitative estimate of drug-likeness (QED) is 0.284. The van der Waals surface area contributed by atoms with Gasteiger partial charge in [-0.25, -0.2) is 9.97 Å². The molecular weight excluding hydrogens is 544 g/mol. The number of hydrogen-bond donors (Lipinski definition) is 4. The Labute approximate surface area is 237 Å². The van der Waals surface area contributed by atoms with Crippen LogP contribution in [0, 0.1) is 22.7 Å². The van der Waals surface area contributed by atoms with Crippen LogP contribution in [0.15, 0.2) is 36.4 Å². The van der Waals surface area contributed by atoms with E-state index in [9.17, 15) is 20.1 Å². The molecule has 6 rings (SSSR count). The Morgan fingerprint density at radius 1 is 0.750 bits per heavy atom. The van der Waals surface area contributed by atoms with Crippen molar-refractivity contribution in [2.75, 3.05) is 23.7 Å². The molecule has 2 aliphatic heterocycles. The summed E-state index contributed by atoms with van der Waals surface area (Å²) in [6.45, 7) is 3.02. The van der Waals surface area contributed by atoms with E-state index in [1.807, 2.05) is 0 Å². The standard InChI is InChI=1S/C28H22N8O2S2/c29-11-17-15(3-1-5-19(17)33-25(37)27-35-21-7-9-31-13-23(21)39-27)16-4-2-6-20(18(16)12-30)34-26(38)28-36-22-8-10-32-14-24(22)40-28/h1-6,31-32H,7-10,13-14H2,(H,33,37)(H,34,38). The highest BCUT2D eigenvalue weighted by Gasteiger charge is 2.23. The molecule has 2 aliphatic rings. The minimum Gasteiger partial charge on any atom is -0.319 e. The number of nitrogens with zero attached hydrogens (tertiary/aromatic N) is 4. The van der Waals surface area contributed by atoms with Gasteiger partial charge in [0.2, 0.25) is 0 Å². The van der Waals surface area contributed by atoms with E-state index in [2.05, 4.69) is 43.4 Å². The summed E-state index contributed by atoms with van der Waals surface area (Å²) in [6.07, 6.45) is 1.54. The summed E-state index contributed by atoms with van der Waals surface area (Å²) in [5.74, 6) is -0.785. The Kier molecular flexibility index (Phi) is 7.07. The first-order chi connectivity index (χ1) is 19.6. The van der Waals surface area contributed by atoms with E-state index in [1.54, 1.807) is 36.4 Å². The van der Waals surface area contributed by atoms with Gasteiger partial charge in [-0.15, -0.1) is 22.7 Å². The van der Waals surface area contributed by atoms with Crippen LogP contribution in [0.1, 0.15) is 51.9 Å². The van der Waals surface area contributed by atoms with Gasteiger partial charge in [-0.05, 0) is 12.1 Å². The molecule has 0 saturated heterocycles. The number of fused-ring (bicyclic) bond motifs is 2. The first-order valence-corrected chi connectivity index (χ1v) is 14.3. The predicted octanol–water partition coefficient (Wildman–Crippen LogP) is 3.81. The van der Waals surface area contributed by atoms with Gasteiger partial charge in [-0.1, -0.05) is 24.3 Å². The lowest BCUT2D eigenvalue weighted by Crippen LogP contribution is -2.22. The molecule has 12 heteroatoms. The lowest BCUT2D eigenvalue weighted by molar-refractivity contribution is 0.101. The first-order valence-electron chi connectivity index (χ1n) is 12.6. The number of benzene rings is 2. The maximum atomic E-state index is 13.1. The monoisotopic (exact) mass is 566 g/mol. The number of thiazole rings is 2. The molecule has 4 N–H and O–H groups in total. The molecule has 0 unspecified atom stereocenters. The Balaban J connectivity index is 1.30. The van der Waals surface area contributed by atoms with Crippen molar-refractivity contribution in [2.45, 2.75) is 25.9 Å². The molecule has 0 fully saturated rings. The van der Waals surface area contributed by atoms with E-state index >= 15 is 0 Å². The minimum absolute atomic E-state index is 0.207. The summed E-state index contributed by atoms with van der Waals surface area (Å²) in [4.78, 5) is 37.2. The smallest absolute Gasteiger partial charge is 0.284 e. The Hall–Kier alpha value is -4.46. The highest BCUT2D eigenvalue weighted by Crippen LogP contribution is 2.35. The van der Waals surface area contributed by atoms with Crippen LogP contribution >= 0.6 is 22.7 Å². The van der Waals surface area contributed by atoms with Crippen LogP contribution in [-0.4, -0.2) is 34.9 Å². The average molecular weight is 567 g/mol. The van der Waals surface area contributed by atoms with Gasteiger partial charge < -0.3 is 21.3 Å². The zero-order valence-electron chi connectivity index (χ0n) is 21.1. The van der Waals surface area contributed by atoms with Crippen molar-refractivity contribution in [3.8, 4) is 23.3 Å². The number of nitrogens with one attached hydrogen (secondary N) is 4. The van der Waals surface area contributed by atoms with Gasteiger partial charge >= 0.3 is 0 Å². The second-order valence-corrected chi connectivity index (χ2v) is 11.4. The summed E-state index contributed by atoms with van der Waals surface area (Å²) in [5, 5.41) is 33.1. The van der Waals surface area contributed by atoms with E-state index in [4.69, 9.17) is 0 Å². The van der Waals surface area contributed by atoms with E-state index in [-0.39, 0.29) is 11.1 Å². The fourth-order valence-electron chi connectivity index (χ4n) is 4.80. The van der Waals surface area contributed by atoms with E-state index in [0.717, 1.165) is 47.1 Å². The molecule has 0 spiro atoms. The SMILES string of the molecule is N#Cc1c(NC(=O)c2nc3c(s2)CNCC3)cccc1-c1cccc(NC(=O)c2nc3c(s2)CNCC3)c1C#N. The van der Waals surface area contributed by atoms with Crippen molar-refractivity contribution in [3.63, 3.8) is 0 Å². The summed E-state index contributed by atoms with van der Waals surface area (Å²) < 4.78 is 0. The molecule has 0 atom stereocenters. The summed E-state index contributed by atoms with van der Waals surface area (Å²) in [7, 11) is 0. The molecule has 40 heavy (non-hydrogen) atoms. The van der Waals surface area contributed by atoms with Gasteiger partial charge in [0.05, 0.1) is 33.9 Å². The Morgan fingerprint density at radius 2 is 1.20 bits per heavy atom. The molecular formula is C28H22N8O2S2. The lowest BCUT2D eigenvalue weighted by Gasteiger charge is -2.14. The Bertz CT molecular complexity index is 1570. The van der Waals surface area contributed by atoms with Gasteiger partial charge in [-0.2, -0.15) is 10.5 Å². The van der Waals surface area contributed by atoms with Crippen LogP contribution in [0.3, 0.4) is 0 Å². The second-order valence-electron chi connectivity index (χ2n) is 9.22. The van der Waals surface area contributed by atoms with Crippen molar-refractivity contribution in [2.24, 2.45) is 0 Å². The number of amides is 2. The molecule has 4 aromatic rings. The average Bonchev–Trinajstić information content (AvgIpc) is 3.62. The summed E-state index contributed by atoms with van der Waals surface area (Å²) in [5.41, 5.74) is 3.83. The first kappa shape index (κ1) is 25.8. The zero-order valence-corrected chi connectivity index (χ0v) is 22.8. The van der Waals surface area contributed by atoms with Crippen molar-refractivity contribution >= 4 is 45.9 Å². The molecule has 2 amide bonds. The van der Waals surface area contributed by atoms with E-state index in [1.165, 1.54) is 22.7 Å². The number of hydrogen-bond acceptors (Lipinski definition) is 10. The van der Waals surface area contributed by atoms with E-state index in [0.29, 0.717) is 45.6 Å². The van der Waals surface area contributed by atoms with Gasteiger partial charge in [0.1, 0.15) is 12.1 Å². The fourth-order valence-corrected chi connectivity index (χ4v) is 6.74. The zero-order chi connectivity index (χ0) is 27.6. The van der Waals surface area contributed by atoms with E-state index < -0.39 is 11.8 Å². The Morgan fingerprint density at radius 3 is 1.60 bits per heavy atom. The van der Waals surface area contributed by atoms with Crippen molar-refractivity contribution < 1.29 is 9.59 Å². The molecule has 10 nitrogen and oxygen atoms in total. The largest absolute Gasteiger partial charge is 0.319 e. The van der Waals surface area contributed by atoms with Crippen LogP contribution in [0.2, 0.25) is 0 Å². The number of nitriles is 2. The molecule has 2 aromatic heterocycles. The van der Waals surface area contributed by atoms with Crippen LogP contribution in [0.4, 0.5) is 11.4 Å². The predicted molar refractivity (Wildman–Crippen MR) is 152 cm³/mol. The molecule has 4 heterocycles. The molecule has 198 valence electrons. The third-order valence-corrected chi connectivity index (χ3v) is 8.93. The highest BCUT2D eigenvalue weighted by atomic mass is 32.1. The normalized spacial score (nSPS) is 13.8. The maximum Gasteiger partial charge on any atom is 0.284 e. The molecule has 0 saturated carbocycles. The maximum absolute atomic E-state index is 13.1. The molecule has 2 aromatic carbocycles. The number of carbonyl (C=O) groups excluding carboxylic acids is 2. The van der Waals surface area contributed by atoms with Gasteiger partial charge in [0.25, 0.3) is 11.8 Å². The number of anilines is 2. The van der Waals surface area contributed by atoms with Gasteiger partial charge in [0, 0.05) is 59.9 Å².